The van der Waals surface area contributed by atoms with Crippen LogP contribution in [-0.2, 0) is 9.59 Å². The van der Waals surface area contributed by atoms with Crippen LogP contribution in [0.1, 0.15) is 33.1 Å². The normalized spacial score (nSPS) is 18.6. The zero-order valence-electron chi connectivity index (χ0n) is 9.88. The number of aliphatic carboxylic acids is 1. The zero-order chi connectivity index (χ0) is 12.3. The number of carboxylic acid groups (broad SMARTS) is 1. The standard InChI is InChI=1S/C12H19NO3/c1-8(2)6-9(3)10(14)13-7-12(4-5-12)11(15)16/h9H,1,4-7H2,2-3H3,(H,13,14)(H,15,16). The Kier molecular flexibility index (Phi) is 3.73. The van der Waals surface area contributed by atoms with Crippen molar-refractivity contribution in [2.45, 2.75) is 33.1 Å². The van der Waals surface area contributed by atoms with Crippen molar-refractivity contribution in [1.29, 1.82) is 0 Å². The average Bonchev–Trinajstić information content (AvgIpc) is 2.93. The summed E-state index contributed by atoms with van der Waals surface area (Å²) in [5.74, 6) is -1.03. The van der Waals surface area contributed by atoms with Crippen LogP contribution in [0.3, 0.4) is 0 Å². The summed E-state index contributed by atoms with van der Waals surface area (Å²) in [4.78, 5) is 22.5. The minimum atomic E-state index is -0.805. The number of amides is 1. The topological polar surface area (TPSA) is 66.4 Å². The maximum absolute atomic E-state index is 11.6. The van der Waals surface area contributed by atoms with E-state index in [1.807, 2.05) is 13.8 Å². The summed E-state index contributed by atoms with van der Waals surface area (Å²) in [6, 6.07) is 0. The molecule has 1 aliphatic rings. The molecule has 4 nitrogen and oxygen atoms in total. The monoisotopic (exact) mass is 225 g/mol. The number of carbonyl (C=O) groups is 2. The maximum Gasteiger partial charge on any atom is 0.311 e. The summed E-state index contributed by atoms with van der Waals surface area (Å²) >= 11 is 0. The number of allylic oxidation sites excluding steroid dienone is 1. The summed E-state index contributed by atoms with van der Waals surface area (Å²) in [5.41, 5.74) is 0.278. The summed E-state index contributed by atoms with van der Waals surface area (Å²) in [7, 11) is 0. The van der Waals surface area contributed by atoms with Crippen molar-refractivity contribution in [3.8, 4) is 0 Å². The van der Waals surface area contributed by atoms with E-state index in [0.29, 0.717) is 19.3 Å². The number of carboxylic acids is 1. The highest BCUT2D eigenvalue weighted by Gasteiger charge is 2.50. The lowest BCUT2D eigenvalue weighted by Crippen LogP contribution is -2.37. The first kappa shape index (κ1) is 12.7. The van der Waals surface area contributed by atoms with E-state index >= 15 is 0 Å². The number of nitrogens with one attached hydrogen (secondary N) is 1. The lowest BCUT2D eigenvalue weighted by atomic mass is 10.0. The Morgan fingerprint density at radius 2 is 2.06 bits per heavy atom. The van der Waals surface area contributed by atoms with Crippen LogP contribution >= 0.6 is 0 Å². The fourth-order valence-corrected chi connectivity index (χ4v) is 1.66. The SMILES string of the molecule is C=C(C)CC(C)C(=O)NCC1(C(=O)O)CC1. The molecule has 0 aromatic carbocycles. The van der Waals surface area contributed by atoms with Crippen LogP contribution in [0, 0.1) is 11.3 Å². The molecule has 0 aliphatic heterocycles. The summed E-state index contributed by atoms with van der Waals surface area (Å²) < 4.78 is 0. The second-order valence-electron chi connectivity index (χ2n) is 4.87. The van der Waals surface area contributed by atoms with Crippen LogP contribution in [0.5, 0.6) is 0 Å². The van der Waals surface area contributed by atoms with Crippen LogP contribution < -0.4 is 5.32 Å². The number of rotatable bonds is 6. The molecule has 0 saturated heterocycles. The molecule has 1 saturated carbocycles. The maximum atomic E-state index is 11.6. The second kappa shape index (κ2) is 4.68. The molecule has 1 aliphatic carbocycles. The van der Waals surface area contributed by atoms with Crippen LogP contribution in [0.15, 0.2) is 12.2 Å². The van der Waals surface area contributed by atoms with Gasteiger partial charge >= 0.3 is 5.97 Å². The Bertz CT molecular complexity index is 318. The fraction of sp³-hybridized carbons (Fsp3) is 0.667. The quantitative estimate of drug-likeness (QED) is 0.674. The third-order valence-corrected chi connectivity index (χ3v) is 3.01. The molecule has 1 amide bonds. The van der Waals surface area contributed by atoms with Crippen LogP contribution in [0.25, 0.3) is 0 Å². The number of hydrogen-bond acceptors (Lipinski definition) is 2. The van der Waals surface area contributed by atoms with E-state index in [2.05, 4.69) is 11.9 Å². The van der Waals surface area contributed by atoms with Gasteiger partial charge in [0.2, 0.25) is 5.91 Å². The Hall–Kier alpha value is -1.32. The first-order chi connectivity index (χ1) is 7.37. The van der Waals surface area contributed by atoms with E-state index in [9.17, 15) is 9.59 Å². The summed E-state index contributed by atoms with van der Waals surface area (Å²) in [6.45, 7) is 7.71. The van der Waals surface area contributed by atoms with Gasteiger partial charge in [-0.05, 0) is 26.2 Å². The molecule has 1 rings (SSSR count). The van der Waals surface area contributed by atoms with Crippen molar-refractivity contribution in [3.63, 3.8) is 0 Å². The van der Waals surface area contributed by atoms with Gasteiger partial charge in [-0.25, -0.2) is 0 Å². The molecule has 2 N–H and O–H groups in total. The molecule has 1 fully saturated rings. The molecule has 0 radical (unpaired) electrons. The molecule has 0 heterocycles. The lowest BCUT2D eigenvalue weighted by molar-refractivity contribution is -0.143. The van der Waals surface area contributed by atoms with Crippen molar-refractivity contribution in [1.82, 2.24) is 5.32 Å². The molecule has 1 unspecified atom stereocenters. The van der Waals surface area contributed by atoms with E-state index in [0.717, 1.165) is 5.57 Å². The van der Waals surface area contributed by atoms with Crippen LogP contribution in [-0.4, -0.2) is 23.5 Å². The lowest BCUT2D eigenvalue weighted by Gasteiger charge is -2.15. The highest BCUT2D eigenvalue weighted by molar-refractivity contribution is 5.82. The Labute approximate surface area is 95.7 Å². The van der Waals surface area contributed by atoms with E-state index in [1.54, 1.807) is 0 Å². The molecule has 16 heavy (non-hydrogen) atoms. The van der Waals surface area contributed by atoms with Gasteiger partial charge in [0.25, 0.3) is 0 Å². The second-order valence-corrected chi connectivity index (χ2v) is 4.87. The molecular weight excluding hydrogens is 206 g/mol. The minimum absolute atomic E-state index is 0.0875. The fourth-order valence-electron chi connectivity index (χ4n) is 1.66. The van der Waals surface area contributed by atoms with E-state index in [1.165, 1.54) is 0 Å². The van der Waals surface area contributed by atoms with Crippen molar-refractivity contribution < 1.29 is 14.7 Å². The smallest absolute Gasteiger partial charge is 0.311 e. The molecular formula is C12H19NO3. The van der Waals surface area contributed by atoms with Crippen LogP contribution in [0.2, 0.25) is 0 Å². The third-order valence-electron chi connectivity index (χ3n) is 3.01. The van der Waals surface area contributed by atoms with E-state index < -0.39 is 11.4 Å². The van der Waals surface area contributed by atoms with Gasteiger partial charge in [-0.2, -0.15) is 0 Å². The van der Waals surface area contributed by atoms with Gasteiger partial charge in [0, 0.05) is 12.5 Å². The Morgan fingerprint density at radius 1 is 1.50 bits per heavy atom. The molecule has 0 bridgehead atoms. The van der Waals surface area contributed by atoms with E-state index in [-0.39, 0.29) is 18.4 Å². The first-order valence-corrected chi connectivity index (χ1v) is 5.53. The van der Waals surface area contributed by atoms with Crippen LogP contribution in [0.4, 0.5) is 0 Å². The Morgan fingerprint density at radius 3 is 2.44 bits per heavy atom. The highest BCUT2D eigenvalue weighted by atomic mass is 16.4. The third kappa shape index (κ3) is 3.08. The number of carbonyl (C=O) groups excluding carboxylic acids is 1. The minimum Gasteiger partial charge on any atom is -0.481 e. The predicted octanol–water partition coefficient (Wildman–Crippen LogP) is 1.57. The summed E-state index contributed by atoms with van der Waals surface area (Å²) in [6.07, 6.45) is 1.97. The van der Waals surface area contributed by atoms with Crippen molar-refractivity contribution in [2.75, 3.05) is 6.54 Å². The van der Waals surface area contributed by atoms with Crippen molar-refractivity contribution in [3.05, 3.63) is 12.2 Å². The predicted molar refractivity (Wildman–Crippen MR) is 60.9 cm³/mol. The number of hydrogen-bond donors (Lipinski definition) is 2. The highest BCUT2D eigenvalue weighted by Crippen LogP contribution is 2.45. The molecule has 0 aromatic rings. The molecule has 1 atom stereocenters. The molecule has 0 spiro atoms. The van der Waals surface area contributed by atoms with Gasteiger partial charge in [-0.15, -0.1) is 6.58 Å². The summed E-state index contributed by atoms with van der Waals surface area (Å²) in [5, 5.41) is 11.6. The van der Waals surface area contributed by atoms with Gasteiger partial charge in [0.15, 0.2) is 0 Å². The Balaban J connectivity index is 2.35. The van der Waals surface area contributed by atoms with Gasteiger partial charge < -0.3 is 10.4 Å². The molecule has 90 valence electrons. The van der Waals surface area contributed by atoms with Gasteiger partial charge in [-0.3, -0.25) is 9.59 Å². The van der Waals surface area contributed by atoms with Crippen molar-refractivity contribution >= 4 is 11.9 Å². The van der Waals surface area contributed by atoms with Gasteiger partial charge in [0.1, 0.15) is 0 Å². The average molecular weight is 225 g/mol. The van der Waals surface area contributed by atoms with E-state index in [4.69, 9.17) is 5.11 Å². The molecule has 4 heteroatoms. The zero-order valence-corrected chi connectivity index (χ0v) is 9.88. The van der Waals surface area contributed by atoms with Gasteiger partial charge in [-0.1, -0.05) is 12.5 Å². The van der Waals surface area contributed by atoms with Gasteiger partial charge in [0.05, 0.1) is 5.41 Å². The molecule has 0 aromatic heterocycles. The van der Waals surface area contributed by atoms with Crippen molar-refractivity contribution in [2.24, 2.45) is 11.3 Å². The first-order valence-electron chi connectivity index (χ1n) is 5.53. The largest absolute Gasteiger partial charge is 0.481 e.